The largest absolute Gasteiger partial charge is 0.300 e. The van der Waals surface area contributed by atoms with Crippen LogP contribution in [0.5, 0.6) is 0 Å². The maximum atomic E-state index is 3.88. The van der Waals surface area contributed by atoms with Gasteiger partial charge in [-0.15, -0.1) is 6.58 Å². The zero-order valence-corrected chi connectivity index (χ0v) is 11.3. The molecule has 0 bridgehead atoms. The quantitative estimate of drug-likeness (QED) is 0.815. The molecule has 1 aliphatic rings. The van der Waals surface area contributed by atoms with E-state index >= 15 is 0 Å². The van der Waals surface area contributed by atoms with E-state index in [9.17, 15) is 0 Å². The van der Waals surface area contributed by atoms with Crippen LogP contribution in [0.4, 0.5) is 0 Å². The van der Waals surface area contributed by atoms with Crippen LogP contribution < -0.4 is 5.32 Å². The molecule has 1 nitrogen and oxygen atoms in total. The van der Waals surface area contributed by atoms with Crippen LogP contribution in [0.3, 0.4) is 0 Å². The van der Waals surface area contributed by atoms with Gasteiger partial charge in [-0.25, -0.2) is 0 Å². The van der Waals surface area contributed by atoms with E-state index < -0.39 is 0 Å². The minimum Gasteiger partial charge on any atom is -0.300 e. The number of benzene rings is 2. The Morgan fingerprint density at radius 2 is 1.58 bits per heavy atom. The van der Waals surface area contributed by atoms with Crippen molar-refractivity contribution in [2.45, 2.75) is 25.4 Å². The maximum Gasteiger partial charge on any atom is 0.0586 e. The number of fused-ring (bicyclic) bond motifs is 2. The van der Waals surface area contributed by atoms with Crippen molar-refractivity contribution in [2.24, 2.45) is 0 Å². The van der Waals surface area contributed by atoms with E-state index in [1.54, 1.807) is 0 Å². The van der Waals surface area contributed by atoms with Crippen molar-refractivity contribution in [1.29, 1.82) is 0 Å². The molecule has 0 aromatic heterocycles. The average molecular weight is 249 g/mol. The third-order valence-corrected chi connectivity index (χ3v) is 3.90. The summed E-state index contributed by atoms with van der Waals surface area (Å²) in [5.41, 5.74) is 5.65. The SMILES string of the molecule is C=CC(C)NC1c2ccccc2Cc2ccccc21. The third kappa shape index (κ3) is 2.22. The molecule has 96 valence electrons. The van der Waals surface area contributed by atoms with Crippen LogP contribution in [0.25, 0.3) is 0 Å². The molecule has 0 saturated carbocycles. The van der Waals surface area contributed by atoms with Gasteiger partial charge in [-0.2, -0.15) is 0 Å². The van der Waals surface area contributed by atoms with Crippen LogP contribution in [0.15, 0.2) is 61.2 Å². The smallest absolute Gasteiger partial charge is 0.0586 e. The van der Waals surface area contributed by atoms with Crippen molar-refractivity contribution in [3.05, 3.63) is 83.4 Å². The summed E-state index contributed by atoms with van der Waals surface area (Å²) < 4.78 is 0. The maximum absolute atomic E-state index is 3.88. The Bertz CT molecular complexity index is 555. The van der Waals surface area contributed by atoms with E-state index in [1.165, 1.54) is 22.3 Å². The van der Waals surface area contributed by atoms with Gasteiger partial charge >= 0.3 is 0 Å². The molecule has 19 heavy (non-hydrogen) atoms. The van der Waals surface area contributed by atoms with Crippen LogP contribution in [-0.4, -0.2) is 6.04 Å². The van der Waals surface area contributed by atoms with Gasteiger partial charge in [-0.3, -0.25) is 0 Å². The predicted molar refractivity (Wildman–Crippen MR) is 80.3 cm³/mol. The van der Waals surface area contributed by atoms with Crippen molar-refractivity contribution in [1.82, 2.24) is 5.32 Å². The molecule has 1 N–H and O–H groups in total. The minimum absolute atomic E-state index is 0.272. The number of hydrogen-bond acceptors (Lipinski definition) is 1. The Kier molecular flexibility index (Phi) is 3.22. The molecule has 1 aliphatic carbocycles. The lowest BCUT2D eigenvalue weighted by Crippen LogP contribution is -2.32. The molecule has 1 heteroatoms. The van der Waals surface area contributed by atoms with Gasteiger partial charge in [0.1, 0.15) is 0 Å². The minimum atomic E-state index is 0.272. The summed E-state index contributed by atoms with van der Waals surface area (Å²) in [5, 5.41) is 3.66. The highest BCUT2D eigenvalue weighted by Gasteiger charge is 2.25. The second kappa shape index (κ2) is 5.02. The van der Waals surface area contributed by atoms with Crippen molar-refractivity contribution in [3.63, 3.8) is 0 Å². The van der Waals surface area contributed by atoms with Gasteiger partial charge in [0.15, 0.2) is 0 Å². The van der Waals surface area contributed by atoms with E-state index in [2.05, 4.69) is 67.4 Å². The zero-order chi connectivity index (χ0) is 13.2. The first kappa shape index (κ1) is 12.2. The normalized spacial score (nSPS) is 15.4. The van der Waals surface area contributed by atoms with Gasteiger partial charge in [0.25, 0.3) is 0 Å². The first-order valence-electron chi connectivity index (χ1n) is 6.84. The van der Waals surface area contributed by atoms with Crippen molar-refractivity contribution in [2.75, 3.05) is 0 Å². The number of rotatable bonds is 3. The van der Waals surface area contributed by atoms with Crippen molar-refractivity contribution in [3.8, 4) is 0 Å². The van der Waals surface area contributed by atoms with Crippen LogP contribution in [0.2, 0.25) is 0 Å². The molecule has 1 atom stereocenters. The highest BCUT2D eigenvalue weighted by Crippen LogP contribution is 2.34. The van der Waals surface area contributed by atoms with Crippen LogP contribution in [0, 0.1) is 0 Å². The molecule has 0 fully saturated rings. The molecule has 0 radical (unpaired) electrons. The lowest BCUT2D eigenvalue weighted by atomic mass is 9.82. The summed E-state index contributed by atoms with van der Waals surface area (Å²) in [5.74, 6) is 0. The molecule has 2 aromatic rings. The first-order valence-corrected chi connectivity index (χ1v) is 6.84. The molecule has 2 aromatic carbocycles. The van der Waals surface area contributed by atoms with Gasteiger partial charge in [0.05, 0.1) is 6.04 Å². The van der Waals surface area contributed by atoms with E-state index in [0.29, 0.717) is 6.04 Å². The van der Waals surface area contributed by atoms with Crippen LogP contribution >= 0.6 is 0 Å². The van der Waals surface area contributed by atoms with E-state index in [-0.39, 0.29) is 6.04 Å². The topological polar surface area (TPSA) is 12.0 Å². The van der Waals surface area contributed by atoms with E-state index in [1.807, 2.05) is 6.08 Å². The molecular weight excluding hydrogens is 230 g/mol. The number of nitrogens with one attached hydrogen (secondary N) is 1. The summed E-state index contributed by atoms with van der Waals surface area (Å²) in [6, 6.07) is 18.0. The summed E-state index contributed by atoms with van der Waals surface area (Å²) >= 11 is 0. The van der Waals surface area contributed by atoms with Gasteiger partial charge in [0.2, 0.25) is 0 Å². The Labute approximate surface area is 115 Å². The fourth-order valence-electron chi connectivity index (χ4n) is 2.84. The van der Waals surface area contributed by atoms with Crippen LogP contribution in [-0.2, 0) is 6.42 Å². The average Bonchev–Trinajstić information content (AvgIpc) is 2.46. The van der Waals surface area contributed by atoms with Crippen molar-refractivity contribution >= 4 is 0 Å². The van der Waals surface area contributed by atoms with Gasteiger partial charge in [-0.05, 0) is 35.6 Å². The Balaban J connectivity index is 2.08. The first-order chi connectivity index (χ1) is 9.29. The predicted octanol–water partition coefficient (Wildman–Crippen LogP) is 3.84. The number of hydrogen-bond donors (Lipinski definition) is 1. The molecule has 1 unspecified atom stereocenters. The van der Waals surface area contributed by atoms with Gasteiger partial charge in [-0.1, -0.05) is 54.6 Å². The van der Waals surface area contributed by atoms with Gasteiger partial charge in [0, 0.05) is 6.04 Å². The highest BCUT2D eigenvalue weighted by atomic mass is 14.9. The Morgan fingerprint density at radius 1 is 1.05 bits per heavy atom. The fraction of sp³-hybridized carbons (Fsp3) is 0.222. The van der Waals surface area contributed by atoms with E-state index in [4.69, 9.17) is 0 Å². The summed E-state index contributed by atoms with van der Waals surface area (Å²) in [4.78, 5) is 0. The van der Waals surface area contributed by atoms with Crippen LogP contribution in [0.1, 0.15) is 35.2 Å². The van der Waals surface area contributed by atoms with E-state index in [0.717, 1.165) is 6.42 Å². The molecule has 0 amide bonds. The highest BCUT2D eigenvalue weighted by molar-refractivity contribution is 5.48. The molecule has 0 heterocycles. The second-order valence-corrected chi connectivity index (χ2v) is 5.20. The zero-order valence-electron chi connectivity index (χ0n) is 11.3. The monoisotopic (exact) mass is 249 g/mol. The fourth-order valence-corrected chi connectivity index (χ4v) is 2.84. The second-order valence-electron chi connectivity index (χ2n) is 5.20. The Hall–Kier alpha value is -1.86. The van der Waals surface area contributed by atoms with Crippen molar-refractivity contribution < 1.29 is 0 Å². The lowest BCUT2D eigenvalue weighted by molar-refractivity contribution is 0.550. The molecule has 0 spiro atoms. The summed E-state index contributed by atoms with van der Waals surface area (Å²) in [7, 11) is 0. The third-order valence-electron chi connectivity index (χ3n) is 3.90. The molecule has 0 aliphatic heterocycles. The van der Waals surface area contributed by atoms with Gasteiger partial charge < -0.3 is 5.32 Å². The molecule has 0 saturated heterocycles. The Morgan fingerprint density at radius 3 is 2.11 bits per heavy atom. The standard InChI is InChI=1S/C18H19N/c1-3-13(2)19-18-16-10-6-4-8-14(16)12-15-9-5-7-11-17(15)18/h3-11,13,18-19H,1,12H2,2H3. The summed E-state index contributed by atoms with van der Waals surface area (Å²) in [6.45, 7) is 6.02. The summed E-state index contributed by atoms with van der Waals surface area (Å²) in [6.07, 6.45) is 2.99. The molecular formula is C18H19N. The lowest BCUT2D eigenvalue weighted by Gasteiger charge is -2.30. The molecule has 3 rings (SSSR count).